The smallest absolute Gasteiger partial charge is 0.271 e. The zero-order valence-corrected chi connectivity index (χ0v) is 19.0. The number of non-ortho nitro benzene ring substituents is 1. The predicted molar refractivity (Wildman–Crippen MR) is 132 cm³/mol. The maximum atomic E-state index is 13.7. The van der Waals surface area contributed by atoms with Crippen LogP contribution in [0.2, 0.25) is 0 Å². The second-order valence-corrected chi connectivity index (χ2v) is 9.29. The molecule has 172 valence electrons. The highest BCUT2D eigenvalue weighted by atomic mass is 16.6. The van der Waals surface area contributed by atoms with Crippen molar-refractivity contribution in [3.63, 3.8) is 0 Å². The van der Waals surface area contributed by atoms with Crippen LogP contribution in [0, 0.1) is 40.7 Å². The summed E-state index contributed by atoms with van der Waals surface area (Å²) >= 11 is 0. The summed E-state index contributed by atoms with van der Waals surface area (Å²) in [4.78, 5) is 39.5. The van der Waals surface area contributed by atoms with E-state index in [-0.39, 0.29) is 29.3 Å². The van der Waals surface area contributed by atoms with Crippen LogP contribution < -0.4 is 4.90 Å². The predicted octanol–water partition coefficient (Wildman–Crippen LogP) is 5.33. The summed E-state index contributed by atoms with van der Waals surface area (Å²) in [6.45, 7) is 1.76. The van der Waals surface area contributed by atoms with Crippen LogP contribution in [0.1, 0.15) is 16.7 Å². The van der Waals surface area contributed by atoms with E-state index in [2.05, 4.69) is 36.4 Å². The number of fused-ring (bicyclic) bond motifs is 5. The molecule has 1 saturated heterocycles. The second-order valence-electron chi connectivity index (χ2n) is 9.29. The highest BCUT2D eigenvalue weighted by Gasteiger charge is 2.62. The number of carbonyl (C=O) groups is 2. The number of benzene rings is 3. The second kappa shape index (κ2) is 7.87. The number of nitrogens with zero attached hydrogens (tertiary/aromatic N) is 2. The monoisotopic (exact) mass is 462 g/mol. The molecule has 1 heterocycles. The molecule has 6 nitrogen and oxygen atoms in total. The minimum absolute atomic E-state index is 0.139. The Bertz CT molecular complexity index is 1370. The highest BCUT2D eigenvalue weighted by Crippen LogP contribution is 2.59. The molecule has 2 aliphatic carbocycles. The Hall–Kier alpha value is -4.32. The third-order valence-electron chi connectivity index (χ3n) is 7.47. The van der Waals surface area contributed by atoms with Gasteiger partial charge in [0.2, 0.25) is 11.8 Å². The molecule has 0 unspecified atom stereocenters. The molecule has 4 atom stereocenters. The molecule has 1 saturated carbocycles. The van der Waals surface area contributed by atoms with Crippen LogP contribution in [0.15, 0.2) is 96.6 Å². The van der Waals surface area contributed by atoms with E-state index in [1.165, 1.54) is 17.0 Å². The van der Waals surface area contributed by atoms with Crippen molar-refractivity contribution < 1.29 is 14.5 Å². The van der Waals surface area contributed by atoms with E-state index in [0.717, 1.165) is 22.3 Å². The third-order valence-corrected chi connectivity index (χ3v) is 7.47. The number of nitro benzene ring substituents is 1. The van der Waals surface area contributed by atoms with E-state index >= 15 is 0 Å². The van der Waals surface area contributed by atoms with Crippen molar-refractivity contribution in [1.29, 1.82) is 0 Å². The van der Waals surface area contributed by atoms with Gasteiger partial charge in [0, 0.05) is 24.0 Å². The van der Waals surface area contributed by atoms with Gasteiger partial charge >= 0.3 is 0 Å². The van der Waals surface area contributed by atoms with E-state index in [1.54, 1.807) is 13.0 Å². The lowest BCUT2D eigenvalue weighted by Crippen LogP contribution is -2.34. The van der Waals surface area contributed by atoms with Gasteiger partial charge in [-0.3, -0.25) is 19.7 Å². The zero-order chi connectivity index (χ0) is 24.3. The zero-order valence-electron chi connectivity index (χ0n) is 19.0. The van der Waals surface area contributed by atoms with Crippen LogP contribution in [-0.2, 0) is 9.59 Å². The molecule has 0 aromatic heterocycles. The van der Waals surface area contributed by atoms with Gasteiger partial charge in [-0.2, -0.15) is 0 Å². The van der Waals surface area contributed by atoms with Crippen LogP contribution in [-0.4, -0.2) is 16.7 Å². The van der Waals surface area contributed by atoms with E-state index in [0.29, 0.717) is 11.3 Å². The fourth-order valence-corrected chi connectivity index (χ4v) is 6.00. The number of hydrogen-bond acceptors (Lipinski definition) is 4. The Morgan fingerprint density at radius 2 is 1.31 bits per heavy atom. The standard InChI is InChI=1S/C29H22N2O4/c1-17-12-13-20(31(34)35)16-23(17)30-28(32)26-21-14-15-22(27(26)29(30)33)25(21)24(18-8-4-2-5-9-18)19-10-6-3-7-11-19/h2-16,21-22,26-27H,1H3/t21-,22+,26-,27-/m0/s1. The lowest BCUT2D eigenvalue weighted by Gasteiger charge is -2.22. The summed E-state index contributed by atoms with van der Waals surface area (Å²) < 4.78 is 0. The van der Waals surface area contributed by atoms with Gasteiger partial charge in [0.1, 0.15) is 0 Å². The van der Waals surface area contributed by atoms with Crippen LogP contribution in [0.25, 0.3) is 5.57 Å². The lowest BCUT2D eigenvalue weighted by atomic mass is 9.85. The molecule has 6 heteroatoms. The third kappa shape index (κ3) is 3.10. The molecule has 1 aliphatic heterocycles. The molecule has 2 bridgehead atoms. The number of carbonyl (C=O) groups excluding carboxylic acids is 2. The van der Waals surface area contributed by atoms with Crippen LogP contribution in [0.3, 0.4) is 0 Å². The quantitative estimate of drug-likeness (QED) is 0.227. The fraction of sp³-hybridized carbons (Fsp3) is 0.172. The molecule has 3 aromatic carbocycles. The summed E-state index contributed by atoms with van der Waals surface area (Å²) in [5.41, 5.74) is 5.11. The summed E-state index contributed by atoms with van der Waals surface area (Å²) in [5, 5.41) is 11.3. The molecule has 0 N–H and O–H groups in total. The van der Waals surface area contributed by atoms with Gasteiger partial charge in [0.25, 0.3) is 5.69 Å². The van der Waals surface area contributed by atoms with Crippen molar-refractivity contribution in [2.24, 2.45) is 23.7 Å². The average Bonchev–Trinajstić information content (AvgIpc) is 3.50. The molecule has 3 aromatic rings. The van der Waals surface area contributed by atoms with Gasteiger partial charge < -0.3 is 0 Å². The minimum Gasteiger partial charge on any atom is -0.274 e. The Balaban J connectivity index is 1.48. The normalized spacial score (nSPS) is 24.3. The topological polar surface area (TPSA) is 80.5 Å². The first-order chi connectivity index (χ1) is 17.0. The number of rotatable bonds is 4. The van der Waals surface area contributed by atoms with Gasteiger partial charge in [-0.15, -0.1) is 0 Å². The average molecular weight is 463 g/mol. The molecule has 2 amide bonds. The van der Waals surface area contributed by atoms with Crippen molar-refractivity contribution in [1.82, 2.24) is 0 Å². The number of anilines is 1. The summed E-state index contributed by atoms with van der Waals surface area (Å²) in [5.74, 6) is -1.96. The highest BCUT2D eigenvalue weighted by molar-refractivity contribution is 6.24. The first kappa shape index (κ1) is 21.2. The molecule has 35 heavy (non-hydrogen) atoms. The minimum atomic E-state index is -0.507. The van der Waals surface area contributed by atoms with Crippen molar-refractivity contribution in [2.75, 3.05) is 4.90 Å². The molecule has 6 rings (SSSR count). The van der Waals surface area contributed by atoms with Crippen molar-refractivity contribution >= 4 is 28.8 Å². The summed E-state index contributed by atoms with van der Waals surface area (Å²) in [6.07, 6.45) is 4.12. The van der Waals surface area contributed by atoms with E-state index in [4.69, 9.17) is 0 Å². The summed E-state index contributed by atoms with van der Waals surface area (Å²) in [7, 11) is 0. The first-order valence-corrected chi connectivity index (χ1v) is 11.6. The van der Waals surface area contributed by atoms with Crippen molar-refractivity contribution in [2.45, 2.75) is 6.92 Å². The molecule has 0 radical (unpaired) electrons. The maximum Gasteiger partial charge on any atom is 0.271 e. The number of allylic oxidation sites excluding steroid dienone is 3. The maximum absolute atomic E-state index is 13.7. The van der Waals surface area contributed by atoms with Gasteiger partial charge in [0.05, 0.1) is 22.4 Å². The number of aryl methyl sites for hydroxylation is 1. The molecule has 3 aliphatic rings. The first-order valence-electron chi connectivity index (χ1n) is 11.6. The van der Waals surface area contributed by atoms with Crippen LogP contribution in [0.4, 0.5) is 11.4 Å². The largest absolute Gasteiger partial charge is 0.274 e. The van der Waals surface area contributed by atoms with Gasteiger partial charge in [-0.05, 0) is 34.8 Å². The van der Waals surface area contributed by atoms with Crippen LogP contribution in [0.5, 0.6) is 0 Å². The lowest BCUT2D eigenvalue weighted by molar-refractivity contribution is -0.384. The number of hydrogen-bond donors (Lipinski definition) is 0. The van der Waals surface area contributed by atoms with Crippen molar-refractivity contribution in [3.8, 4) is 0 Å². The number of imide groups is 1. The SMILES string of the molecule is Cc1ccc([N+](=O)[O-])cc1N1C(=O)[C@@H]2[C@@H](C1=O)[C@H]1C=C[C@@H]2C1=C(c1ccccc1)c1ccccc1. The summed E-state index contributed by atoms with van der Waals surface area (Å²) in [6, 6.07) is 24.5. The van der Waals surface area contributed by atoms with Crippen LogP contribution >= 0.6 is 0 Å². The Morgan fingerprint density at radius 1 is 0.800 bits per heavy atom. The van der Waals surface area contributed by atoms with Gasteiger partial charge in [-0.1, -0.05) is 78.9 Å². The number of nitro groups is 1. The Labute approximate surface area is 202 Å². The van der Waals surface area contributed by atoms with E-state index < -0.39 is 16.8 Å². The Morgan fingerprint density at radius 3 is 1.80 bits per heavy atom. The molecule has 2 fully saturated rings. The van der Waals surface area contributed by atoms with Gasteiger partial charge in [0.15, 0.2) is 0 Å². The molecular weight excluding hydrogens is 440 g/mol. The van der Waals surface area contributed by atoms with E-state index in [1.807, 2.05) is 36.4 Å². The van der Waals surface area contributed by atoms with Crippen molar-refractivity contribution in [3.05, 3.63) is 123 Å². The van der Waals surface area contributed by atoms with Gasteiger partial charge in [-0.25, -0.2) is 4.90 Å². The fourth-order valence-electron chi connectivity index (χ4n) is 6.00. The Kier molecular flexibility index (Phi) is 4.78. The number of amides is 2. The molecular formula is C29H22N2O4. The molecule has 0 spiro atoms. The van der Waals surface area contributed by atoms with E-state index in [9.17, 15) is 19.7 Å².